The number of aromatic nitrogens is 2. The molecule has 5 N–H and O–H groups in total. The van der Waals surface area contributed by atoms with Crippen LogP contribution >= 0.6 is 12.4 Å². The molecule has 1 rings (SSSR count). The highest BCUT2D eigenvalue weighted by atomic mass is 35.5. The molecule has 0 unspecified atom stereocenters. The van der Waals surface area contributed by atoms with E-state index in [4.69, 9.17) is 11.5 Å². The van der Waals surface area contributed by atoms with E-state index < -0.39 is 11.2 Å². The Labute approximate surface area is 86.3 Å². The molecular formula is C7H13ClN4O2. The van der Waals surface area contributed by atoms with Crippen molar-refractivity contribution in [2.45, 2.75) is 19.9 Å². The summed E-state index contributed by atoms with van der Waals surface area (Å²) in [5.74, 6) is 0.0376. The summed E-state index contributed by atoms with van der Waals surface area (Å²) < 4.78 is 1.25. The first kappa shape index (κ1) is 12.6. The van der Waals surface area contributed by atoms with Gasteiger partial charge in [-0.25, -0.2) is 4.79 Å². The SMILES string of the molecule is CCCn1c(N)c(N)c(=O)[nH]c1=O.Cl. The van der Waals surface area contributed by atoms with Gasteiger partial charge in [-0.15, -0.1) is 12.4 Å². The summed E-state index contributed by atoms with van der Waals surface area (Å²) in [6.07, 6.45) is 0.746. The Bertz CT molecular complexity index is 423. The van der Waals surface area contributed by atoms with E-state index in [1.807, 2.05) is 6.92 Å². The van der Waals surface area contributed by atoms with E-state index in [0.717, 1.165) is 6.42 Å². The van der Waals surface area contributed by atoms with E-state index in [1.165, 1.54) is 4.57 Å². The third-order valence-electron chi connectivity index (χ3n) is 1.72. The molecule has 0 aliphatic rings. The Morgan fingerprint density at radius 3 is 2.43 bits per heavy atom. The van der Waals surface area contributed by atoms with E-state index in [1.54, 1.807) is 0 Å². The molecule has 1 heterocycles. The van der Waals surface area contributed by atoms with Gasteiger partial charge >= 0.3 is 5.69 Å². The zero-order valence-electron chi connectivity index (χ0n) is 7.74. The summed E-state index contributed by atoms with van der Waals surface area (Å²) in [6, 6.07) is 0. The first-order valence-electron chi connectivity index (χ1n) is 3.96. The quantitative estimate of drug-likeness (QED) is 0.627. The van der Waals surface area contributed by atoms with Gasteiger partial charge in [-0.3, -0.25) is 14.3 Å². The van der Waals surface area contributed by atoms with Gasteiger partial charge in [0.1, 0.15) is 11.5 Å². The Hall–Kier alpha value is -1.43. The van der Waals surface area contributed by atoms with Gasteiger partial charge in [0, 0.05) is 6.54 Å². The van der Waals surface area contributed by atoms with Crippen LogP contribution in [0.3, 0.4) is 0 Å². The standard InChI is InChI=1S/C7H12N4O2.ClH/c1-2-3-11-5(9)4(8)6(12)10-7(11)13;/h2-3,8-9H2,1H3,(H,10,12,13);1H. The second-order valence-electron chi connectivity index (χ2n) is 2.71. The Morgan fingerprint density at radius 1 is 1.36 bits per heavy atom. The molecule has 0 bridgehead atoms. The molecular weight excluding hydrogens is 208 g/mol. The fourth-order valence-corrected chi connectivity index (χ4v) is 1.05. The van der Waals surface area contributed by atoms with Crippen LogP contribution in [-0.2, 0) is 6.54 Å². The molecule has 0 aliphatic carbocycles. The second-order valence-corrected chi connectivity index (χ2v) is 2.71. The van der Waals surface area contributed by atoms with Crippen molar-refractivity contribution in [2.24, 2.45) is 0 Å². The monoisotopic (exact) mass is 220 g/mol. The number of H-pyrrole nitrogens is 1. The average molecular weight is 221 g/mol. The lowest BCUT2D eigenvalue weighted by atomic mass is 10.4. The summed E-state index contributed by atoms with van der Waals surface area (Å²) in [5, 5.41) is 0. The van der Waals surface area contributed by atoms with Crippen molar-refractivity contribution < 1.29 is 0 Å². The van der Waals surface area contributed by atoms with Gasteiger partial charge in [-0.2, -0.15) is 0 Å². The Balaban J connectivity index is 0.00000169. The number of halogens is 1. The molecule has 7 heteroatoms. The van der Waals surface area contributed by atoms with Crippen molar-refractivity contribution in [3.63, 3.8) is 0 Å². The van der Waals surface area contributed by atoms with Crippen LogP contribution in [0.5, 0.6) is 0 Å². The summed E-state index contributed by atoms with van der Waals surface area (Å²) in [6.45, 7) is 2.35. The van der Waals surface area contributed by atoms with Gasteiger partial charge in [0.25, 0.3) is 5.56 Å². The normalized spacial score (nSPS) is 9.50. The minimum absolute atomic E-state index is 0. The third kappa shape index (κ3) is 2.08. The highest BCUT2D eigenvalue weighted by Crippen LogP contribution is 2.04. The smallest absolute Gasteiger partial charge is 0.330 e. The predicted molar refractivity (Wildman–Crippen MR) is 57.7 cm³/mol. The number of nitrogen functional groups attached to an aromatic ring is 2. The molecule has 14 heavy (non-hydrogen) atoms. The highest BCUT2D eigenvalue weighted by Gasteiger charge is 2.07. The molecule has 0 aromatic carbocycles. The summed E-state index contributed by atoms with van der Waals surface area (Å²) in [4.78, 5) is 24.2. The molecule has 0 amide bonds. The predicted octanol–water partition coefficient (Wildman–Crippen LogP) is -0.467. The molecule has 0 radical (unpaired) electrons. The van der Waals surface area contributed by atoms with Crippen molar-refractivity contribution in [2.75, 3.05) is 11.5 Å². The van der Waals surface area contributed by atoms with Crippen LogP contribution < -0.4 is 22.7 Å². The van der Waals surface area contributed by atoms with Crippen LogP contribution in [0.25, 0.3) is 0 Å². The molecule has 0 saturated heterocycles. The maximum absolute atomic E-state index is 11.2. The largest absolute Gasteiger partial charge is 0.391 e. The van der Waals surface area contributed by atoms with Gasteiger partial charge in [0.05, 0.1) is 0 Å². The van der Waals surface area contributed by atoms with Crippen LogP contribution in [0.1, 0.15) is 13.3 Å². The Kier molecular flexibility index (Phi) is 4.23. The third-order valence-corrected chi connectivity index (χ3v) is 1.72. The number of aromatic amines is 1. The molecule has 0 atom stereocenters. The molecule has 0 fully saturated rings. The number of rotatable bonds is 2. The zero-order valence-corrected chi connectivity index (χ0v) is 8.56. The molecule has 0 saturated carbocycles. The van der Waals surface area contributed by atoms with Crippen LogP contribution in [0, 0.1) is 0 Å². The van der Waals surface area contributed by atoms with E-state index >= 15 is 0 Å². The van der Waals surface area contributed by atoms with Crippen LogP contribution in [0.4, 0.5) is 11.5 Å². The van der Waals surface area contributed by atoms with E-state index in [2.05, 4.69) is 4.98 Å². The zero-order chi connectivity index (χ0) is 10.0. The maximum atomic E-state index is 11.2. The van der Waals surface area contributed by atoms with E-state index in [-0.39, 0.29) is 23.9 Å². The Morgan fingerprint density at radius 2 is 1.93 bits per heavy atom. The fraction of sp³-hybridized carbons (Fsp3) is 0.429. The first-order valence-corrected chi connectivity index (χ1v) is 3.96. The maximum Gasteiger partial charge on any atom is 0.330 e. The van der Waals surface area contributed by atoms with Crippen molar-refractivity contribution in [1.82, 2.24) is 9.55 Å². The summed E-state index contributed by atoms with van der Waals surface area (Å²) in [7, 11) is 0. The van der Waals surface area contributed by atoms with Gasteiger partial charge < -0.3 is 11.5 Å². The van der Waals surface area contributed by atoms with Crippen LogP contribution in [0.15, 0.2) is 9.59 Å². The molecule has 6 nitrogen and oxygen atoms in total. The van der Waals surface area contributed by atoms with E-state index in [9.17, 15) is 9.59 Å². The number of nitrogens with two attached hydrogens (primary N) is 2. The van der Waals surface area contributed by atoms with Crippen molar-refractivity contribution in [3.05, 3.63) is 20.8 Å². The second kappa shape index (κ2) is 4.71. The van der Waals surface area contributed by atoms with Gasteiger partial charge in [-0.05, 0) is 6.42 Å². The number of hydrogen-bond donors (Lipinski definition) is 3. The number of anilines is 2. The number of hydrogen-bond acceptors (Lipinski definition) is 4. The molecule has 1 aromatic heterocycles. The minimum Gasteiger partial charge on any atom is -0.391 e. The van der Waals surface area contributed by atoms with Crippen LogP contribution in [0.2, 0.25) is 0 Å². The summed E-state index contributed by atoms with van der Waals surface area (Å²) in [5.41, 5.74) is 9.59. The molecule has 0 spiro atoms. The fourth-order valence-electron chi connectivity index (χ4n) is 1.05. The topological polar surface area (TPSA) is 107 Å². The molecule has 80 valence electrons. The lowest BCUT2D eigenvalue weighted by Gasteiger charge is -2.08. The van der Waals surface area contributed by atoms with Crippen molar-refractivity contribution in [3.8, 4) is 0 Å². The molecule has 1 aromatic rings. The van der Waals surface area contributed by atoms with Crippen molar-refractivity contribution in [1.29, 1.82) is 0 Å². The van der Waals surface area contributed by atoms with Crippen molar-refractivity contribution >= 4 is 23.9 Å². The minimum atomic E-state index is -0.630. The van der Waals surface area contributed by atoms with Gasteiger partial charge in [0.15, 0.2) is 0 Å². The highest BCUT2D eigenvalue weighted by molar-refractivity contribution is 5.85. The first-order chi connectivity index (χ1) is 6.07. The number of nitrogens with zero attached hydrogens (tertiary/aromatic N) is 1. The van der Waals surface area contributed by atoms with Gasteiger partial charge in [0.2, 0.25) is 0 Å². The summed E-state index contributed by atoms with van der Waals surface area (Å²) >= 11 is 0. The van der Waals surface area contributed by atoms with Crippen LogP contribution in [-0.4, -0.2) is 9.55 Å². The number of nitrogens with one attached hydrogen (secondary N) is 1. The molecule has 0 aliphatic heterocycles. The van der Waals surface area contributed by atoms with Gasteiger partial charge in [-0.1, -0.05) is 6.92 Å². The lowest BCUT2D eigenvalue weighted by Crippen LogP contribution is -2.33. The lowest BCUT2D eigenvalue weighted by molar-refractivity contribution is 0.643. The average Bonchev–Trinajstić information content (AvgIpc) is 2.09. The van der Waals surface area contributed by atoms with E-state index in [0.29, 0.717) is 6.54 Å².